The van der Waals surface area contributed by atoms with Crippen molar-refractivity contribution in [1.29, 1.82) is 0 Å². The lowest BCUT2D eigenvalue weighted by molar-refractivity contribution is -0.115. The smallest absolute Gasteiger partial charge is 0.224 e. The van der Waals surface area contributed by atoms with Crippen LogP contribution in [0, 0.1) is 0 Å². The molecule has 0 aliphatic heterocycles. The summed E-state index contributed by atoms with van der Waals surface area (Å²) in [6.07, 6.45) is 1.97. The first-order chi connectivity index (χ1) is 12.6. The predicted octanol–water partition coefficient (Wildman–Crippen LogP) is 4.02. The molecule has 3 aromatic rings. The number of halogens is 1. The van der Waals surface area contributed by atoms with E-state index in [2.05, 4.69) is 21.3 Å². The Morgan fingerprint density at radius 3 is 2.69 bits per heavy atom. The Balaban J connectivity index is 1.79. The van der Waals surface area contributed by atoms with E-state index in [9.17, 15) is 9.90 Å². The van der Waals surface area contributed by atoms with Gasteiger partial charge in [0.25, 0.3) is 0 Å². The lowest BCUT2D eigenvalue weighted by Crippen LogP contribution is -2.14. The molecule has 4 N–H and O–H groups in total. The number of rotatable bonds is 6. The Morgan fingerprint density at radius 2 is 1.96 bits per heavy atom. The molecule has 1 amide bonds. The number of carbonyl (C=O) groups excluding carboxylic acids is 1. The quantitative estimate of drug-likeness (QED) is 0.298. The second-order valence-electron chi connectivity index (χ2n) is 5.47. The molecule has 0 saturated heterocycles. The highest BCUT2D eigenvalue weighted by Gasteiger charge is 2.11. The van der Waals surface area contributed by atoms with Crippen LogP contribution in [0.2, 0.25) is 5.02 Å². The number of nitrogens with zero attached hydrogens (tertiary/aromatic N) is 2. The molecule has 26 heavy (non-hydrogen) atoms. The number of anilines is 3. The molecule has 0 unspecified atom stereocenters. The summed E-state index contributed by atoms with van der Waals surface area (Å²) in [5, 5.41) is 17.0. The topological polar surface area (TPSA) is 91.2 Å². The largest absolute Gasteiger partial charge is 0.504 e. The van der Waals surface area contributed by atoms with Gasteiger partial charge in [-0.3, -0.25) is 15.6 Å². The van der Waals surface area contributed by atoms with E-state index in [1.54, 1.807) is 29.9 Å². The van der Waals surface area contributed by atoms with Crippen molar-refractivity contribution in [3.05, 3.63) is 59.8 Å². The van der Waals surface area contributed by atoms with Crippen molar-refractivity contribution in [3.8, 4) is 11.4 Å². The van der Waals surface area contributed by atoms with Crippen LogP contribution < -0.4 is 16.2 Å². The first-order valence-corrected chi connectivity index (χ1v) is 8.40. The molecule has 8 heteroatoms. The fraction of sp³-hybridized carbons (Fsp3) is 0.111. The number of aromatic nitrogens is 2. The number of para-hydroxylation sites is 1. The van der Waals surface area contributed by atoms with Crippen LogP contribution in [-0.2, 0) is 4.79 Å². The summed E-state index contributed by atoms with van der Waals surface area (Å²) in [7, 11) is 0. The van der Waals surface area contributed by atoms with Gasteiger partial charge in [0.1, 0.15) is 5.82 Å². The van der Waals surface area contributed by atoms with E-state index in [4.69, 9.17) is 11.6 Å². The highest BCUT2D eigenvalue weighted by atomic mass is 35.5. The highest BCUT2D eigenvalue weighted by molar-refractivity contribution is 6.33. The van der Waals surface area contributed by atoms with Crippen LogP contribution in [0.4, 0.5) is 17.2 Å². The van der Waals surface area contributed by atoms with Gasteiger partial charge < -0.3 is 10.4 Å². The average Bonchev–Trinajstić information content (AvgIpc) is 3.13. The number of aromatic hydroxyl groups is 1. The second kappa shape index (κ2) is 7.79. The number of phenols is 1. The van der Waals surface area contributed by atoms with Crippen LogP contribution >= 0.6 is 11.6 Å². The van der Waals surface area contributed by atoms with Gasteiger partial charge in [-0.05, 0) is 24.3 Å². The average molecular weight is 372 g/mol. The number of nitrogens with one attached hydrogen (secondary N) is 3. The monoisotopic (exact) mass is 371 g/mol. The van der Waals surface area contributed by atoms with Crippen LogP contribution in [0.3, 0.4) is 0 Å². The van der Waals surface area contributed by atoms with E-state index in [1.165, 1.54) is 0 Å². The molecule has 134 valence electrons. The number of hydrazine groups is 1. The summed E-state index contributed by atoms with van der Waals surface area (Å²) in [5.41, 5.74) is 7.76. The molecule has 1 heterocycles. The Hall–Kier alpha value is -3.19. The maximum atomic E-state index is 11.6. The van der Waals surface area contributed by atoms with Gasteiger partial charge in [-0.1, -0.05) is 36.7 Å². The molecule has 0 aliphatic rings. The van der Waals surface area contributed by atoms with Crippen molar-refractivity contribution >= 4 is 34.7 Å². The molecule has 0 radical (unpaired) electrons. The van der Waals surface area contributed by atoms with Gasteiger partial charge in [-0.25, -0.2) is 4.68 Å². The van der Waals surface area contributed by atoms with E-state index in [1.807, 2.05) is 36.4 Å². The SMILES string of the molecule is CCC(=O)Nc1cc(NNc2ccnn2-c2ccccc2)cc(Cl)c1O. The van der Waals surface area contributed by atoms with Gasteiger partial charge in [0, 0.05) is 12.5 Å². The van der Waals surface area contributed by atoms with Crippen molar-refractivity contribution in [3.63, 3.8) is 0 Å². The van der Waals surface area contributed by atoms with Crippen LogP contribution in [0.25, 0.3) is 5.69 Å². The molecular weight excluding hydrogens is 354 g/mol. The number of phenolic OH excluding ortho intramolecular Hbond substituents is 1. The Morgan fingerprint density at radius 1 is 1.19 bits per heavy atom. The summed E-state index contributed by atoms with van der Waals surface area (Å²) >= 11 is 6.05. The van der Waals surface area contributed by atoms with E-state index < -0.39 is 0 Å². The number of benzene rings is 2. The molecule has 0 atom stereocenters. The normalized spacial score (nSPS) is 10.4. The van der Waals surface area contributed by atoms with E-state index in [0.29, 0.717) is 17.9 Å². The maximum Gasteiger partial charge on any atom is 0.224 e. The fourth-order valence-electron chi connectivity index (χ4n) is 2.31. The fourth-order valence-corrected chi connectivity index (χ4v) is 2.53. The second-order valence-corrected chi connectivity index (χ2v) is 5.88. The molecule has 0 spiro atoms. The Labute approximate surface area is 155 Å². The minimum atomic E-state index is -0.219. The van der Waals surface area contributed by atoms with Crippen LogP contribution in [0.15, 0.2) is 54.7 Å². The molecule has 3 rings (SSSR count). The molecule has 1 aromatic heterocycles. The molecule has 0 fully saturated rings. The number of amides is 1. The minimum absolute atomic E-state index is 0.125. The van der Waals surface area contributed by atoms with Gasteiger partial charge in [0.2, 0.25) is 5.91 Å². The third-order valence-corrected chi connectivity index (χ3v) is 3.93. The van der Waals surface area contributed by atoms with Crippen molar-refractivity contribution < 1.29 is 9.90 Å². The number of hydrogen-bond donors (Lipinski definition) is 4. The third kappa shape index (κ3) is 3.89. The summed E-state index contributed by atoms with van der Waals surface area (Å²) in [6, 6.07) is 14.6. The first-order valence-electron chi connectivity index (χ1n) is 8.02. The molecule has 0 saturated carbocycles. The summed E-state index contributed by atoms with van der Waals surface area (Å²) < 4.78 is 1.73. The number of carbonyl (C=O) groups is 1. The van der Waals surface area contributed by atoms with E-state index in [-0.39, 0.29) is 22.4 Å². The van der Waals surface area contributed by atoms with Gasteiger partial charge in [0.05, 0.1) is 28.3 Å². The maximum absolute atomic E-state index is 11.6. The lowest BCUT2D eigenvalue weighted by Gasteiger charge is -2.14. The predicted molar refractivity (Wildman–Crippen MR) is 103 cm³/mol. The molecule has 0 aliphatic carbocycles. The van der Waals surface area contributed by atoms with Crippen LogP contribution in [0.5, 0.6) is 5.75 Å². The minimum Gasteiger partial charge on any atom is -0.504 e. The van der Waals surface area contributed by atoms with Gasteiger partial charge in [0.15, 0.2) is 5.75 Å². The molecular formula is C18H18ClN5O2. The van der Waals surface area contributed by atoms with E-state index >= 15 is 0 Å². The molecule has 0 bridgehead atoms. The third-order valence-electron chi connectivity index (χ3n) is 3.64. The highest BCUT2D eigenvalue weighted by Crippen LogP contribution is 2.35. The van der Waals surface area contributed by atoms with Crippen LogP contribution in [-0.4, -0.2) is 20.8 Å². The Bertz CT molecular complexity index is 911. The first kappa shape index (κ1) is 17.6. The summed E-state index contributed by atoms with van der Waals surface area (Å²) in [4.78, 5) is 11.6. The molecule has 2 aromatic carbocycles. The van der Waals surface area contributed by atoms with Crippen LogP contribution in [0.1, 0.15) is 13.3 Å². The zero-order chi connectivity index (χ0) is 18.5. The standard InChI is InChI=1S/C18H18ClN5O2/c1-2-17(25)21-15-11-12(10-14(19)18(15)26)22-23-16-8-9-20-24(16)13-6-4-3-5-7-13/h3-11,22-23,26H,2H2,1H3,(H,21,25). The van der Waals surface area contributed by atoms with Crippen molar-refractivity contribution in [2.24, 2.45) is 0 Å². The summed E-state index contributed by atoms with van der Waals surface area (Å²) in [5.74, 6) is 0.316. The van der Waals surface area contributed by atoms with Gasteiger partial charge in [-0.2, -0.15) is 5.10 Å². The Kier molecular flexibility index (Phi) is 5.28. The van der Waals surface area contributed by atoms with Gasteiger partial charge in [-0.15, -0.1) is 0 Å². The van der Waals surface area contributed by atoms with Crippen molar-refractivity contribution in [2.45, 2.75) is 13.3 Å². The zero-order valence-electron chi connectivity index (χ0n) is 14.0. The van der Waals surface area contributed by atoms with Crippen molar-refractivity contribution in [1.82, 2.24) is 9.78 Å². The molecule has 7 nitrogen and oxygen atoms in total. The van der Waals surface area contributed by atoms with Crippen molar-refractivity contribution in [2.75, 3.05) is 16.2 Å². The number of hydrogen-bond acceptors (Lipinski definition) is 5. The van der Waals surface area contributed by atoms with Gasteiger partial charge >= 0.3 is 0 Å². The summed E-state index contributed by atoms with van der Waals surface area (Å²) in [6.45, 7) is 1.72. The van der Waals surface area contributed by atoms with E-state index in [0.717, 1.165) is 5.69 Å². The lowest BCUT2D eigenvalue weighted by atomic mass is 10.2. The zero-order valence-corrected chi connectivity index (χ0v) is 14.8.